The summed E-state index contributed by atoms with van der Waals surface area (Å²) in [7, 11) is 0. The second-order valence-corrected chi connectivity index (χ2v) is 5.07. The molecule has 1 saturated heterocycles. The highest BCUT2D eigenvalue weighted by Crippen LogP contribution is 2.26. The number of nitrogens with one attached hydrogen (secondary N) is 1. The molecule has 4 nitrogen and oxygen atoms in total. The minimum atomic E-state index is -0.356. The highest BCUT2D eigenvalue weighted by atomic mass is 16.5. The summed E-state index contributed by atoms with van der Waals surface area (Å²) in [5.74, 6) is 0.160. The summed E-state index contributed by atoms with van der Waals surface area (Å²) in [6.07, 6.45) is 0.575. The van der Waals surface area contributed by atoms with E-state index in [0.29, 0.717) is 18.0 Å². The molecule has 0 spiro atoms. The summed E-state index contributed by atoms with van der Waals surface area (Å²) in [5, 5.41) is 2.86. The molecule has 1 aromatic rings. The average Bonchev–Trinajstić information content (AvgIpc) is 2.72. The first kappa shape index (κ1) is 12.9. The van der Waals surface area contributed by atoms with Crippen LogP contribution in [0.25, 0.3) is 0 Å². The van der Waals surface area contributed by atoms with Crippen LogP contribution in [0.5, 0.6) is 0 Å². The Kier molecular flexibility index (Phi) is 3.57. The van der Waals surface area contributed by atoms with Gasteiger partial charge in [0.15, 0.2) is 0 Å². The maximum atomic E-state index is 12.1. The molecule has 2 unspecified atom stereocenters. The Labute approximate surface area is 108 Å². The number of ether oxygens (including phenoxy) is 1. The number of amides is 1. The maximum Gasteiger partial charge on any atom is 0.253 e. The lowest BCUT2D eigenvalue weighted by atomic mass is 10.0. The number of anilines is 2. The van der Waals surface area contributed by atoms with Gasteiger partial charge < -0.3 is 15.8 Å². The molecule has 3 N–H and O–H groups in total. The van der Waals surface area contributed by atoms with Crippen LogP contribution in [-0.4, -0.2) is 18.6 Å². The standard InChI is InChI=1S/C14H20N2O2/c1-8-4-5-18-13(8)14(17)16-12-7-10(3)9(2)6-11(12)15/h6-8,13H,4-5,15H2,1-3H3,(H,16,17). The second-order valence-electron chi connectivity index (χ2n) is 5.07. The van der Waals surface area contributed by atoms with Crippen molar-refractivity contribution in [3.63, 3.8) is 0 Å². The SMILES string of the molecule is Cc1cc(N)c(NC(=O)C2OCCC2C)cc1C. The third kappa shape index (κ3) is 2.48. The minimum Gasteiger partial charge on any atom is -0.397 e. The van der Waals surface area contributed by atoms with Crippen molar-refractivity contribution in [1.29, 1.82) is 0 Å². The largest absolute Gasteiger partial charge is 0.397 e. The van der Waals surface area contributed by atoms with Crippen molar-refractivity contribution in [3.05, 3.63) is 23.3 Å². The van der Waals surface area contributed by atoms with Gasteiger partial charge in [-0.2, -0.15) is 0 Å². The Morgan fingerprint density at radius 3 is 2.67 bits per heavy atom. The normalized spacial score (nSPS) is 23.1. The number of carbonyl (C=O) groups is 1. The Bertz CT molecular complexity index is 471. The molecule has 1 fully saturated rings. The molecule has 2 rings (SSSR count). The third-order valence-corrected chi connectivity index (χ3v) is 3.57. The zero-order chi connectivity index (χ0) is 13.3. The molecule has 1 aromatic carbocycles. The summed E-state index contributed by atoms with van der Waals surface area (Å²) < 4.78 is 5.44. The van der Waals surface area contributed by atoms with Gasteiger partial charge in [0.25, 0.3) is 5.91 Å². The molecule has 0 aliphatic carbocycles. The van der Waals surface area contributed by atoms with Gasteiger partial charge in [-0.25, -0.2) is 0 Å². The molecule has 1 aliphatic heterocycles. The van der Waals surface area contributed by atoms with E-state index in [9.17, 15) is 4.79 Å². The number of hydrogen-bond donors (Lipinski definition) is 2. The van der Waals surface area contributed by atoms with Gasteiger partial charge in [-0.1, -0.05) is 6.92 Å². The molecule has 0 saturated carbocycles. The Hall–Kier alpha value is -1.55. The van der Waals surface area contributed by atoms with Crippen LogP contribution in [0.15, 0.2) is 12.1 Å². The number of rotatable bonds is 2. The van der Waals surface area contributed by atoms with E-state index in [1.807, 2.05) is 32.9 Å². The molecule has 18 heavy (non-hydrogen) atoms. The number of nitrogens with two attached hydrogens (primary N) is 1. The van der Waals surface area contributed by atoms with E-state index in [1.165, 1.54) is 0 Å². The summed E-state index contributed by atoms with van der Waals surface area (Å²) in [6.45, 7) is 6.68. The maximum absolute atomic E-state index is 12.1. The van der Waals surface area contributed by atoms with Gasteiger partial charge in [0.05, 0.1) is 11.4 Å². The van der Waals surface area contributed by atoms with Crippen molar-refractivity contribution in [1.82, 2.24) is 0 Å². The second kappa shape index (κ2) is 4.98. The lowest BCUT2D eigenvalue weighted by Gasteiger charge is -2.16. The predicted octanol–water partition coefficient (Wildman–Crippen LogP) is 2.25. The third-order valence-electron chi connectivity index (χ3n) is 3.57. The lowest BCUT2D eigenvalue weighted by molar-refractivity contribution is -0.126. The zero-order valence-corrected chi connectivity index (χ0v) is 11.1. The molecule has 98 valence electrons. The highest BCUT2D eigenvalue weighted by Gasteiger charge is 2.31. The zero-order valence-electron chi connectivity index (χ0n) is 11.1. The van der Waals surface area contributed by atoms with Crippen LogP contribution < -0.4 is 11.1 Å². The molecule has 1 aliphatic rings. The van der Waals surface area contributed by atoms with Crippen molar-refractivity contribution >= 4 is 17.3 Å². The molecular formula is C14H20N2O2. The number of benzene rings is 1. The lowest BCUT2D eigenvalue weighted by Crippen LogP contribution is -2.31. The van der Waals surface area contributed by atoms with E-state index in [0.717, 1.165) is 17.5 Å². The van der Waals surface area contributed by atoms with Crippen LogP contribution >= 0.6 is 0 Å². The summed E-state index contributed by atoms with van der Waals surface area (Å²) in [4.78, 5) is 12.1. The Morgan fingerprint density at radius 1 is 1.39 bits per heavy atom. The number of nitrogen functional groups attached to an aromatic ring is 1. The van der Waals surface area contributed by atoms with Crippen LogP contribution in [0.3, 0.4) is 0 Å². The highest BCUT2D eigenvalue weighted by molar-refractivity contribution is 5.97. The van der Waals surface area contributed by atoms with Gasteiger partial charge >= 0.3 is 0 Å². The average molecular weight is 248 g/mol. The van der Waals surface area contributed by atoms with Crippen molar-refractivity contribution in [3.8, 4) is 0 Å². The summed E-state index contributed by atoms with van der Waals surface area (Å²) >= 11 is 0. The molecule has 2 atom stereocenters. The van der Waals surface area contributed by atoms with Gasteiger partial charge in [-0.3, -0.25) is 4.79 Å². The molecule has 1 heterocycles. The molecule has 0 radical (unpaired) electrons. The van der Waals surface area contributed by atoms with Crippen molar-refractivity contribution in [2.45, 2.75) is 33.3 Å². The van der Waals surface area contributed by atoms with Crippen molar-refractivity contribution in [2.75, 3.05) is 17.7 Å². The van der Waals surface area contributed by atoms with Crippen LogP contribution in [0.1, 0.15) is 24.5 Å². The number of aryl methyl sites for hydroxylation is 2. The van der Waals surface area contributed by atoms with Crippen LogP contribution in [-0.2, 0) is 9.53 Å². The van der Waals surface area contributed by atoms with Crippen LogP contribution in [0, 0.1) is 19.8 Å². The van der Waals surface area contributed by atoms with E-state index in [-0.39, 0.29) is 17.9 Å². The first-order valence-electron chi connectivity index (χ1n) is 6.28. The van der Waals surface area contributed by atoms with Gasteiger partial charge in [0, 0.05) is 6.61 Å². The molecule has 1 amide bonds. The topological polar surface area (TPSA) is 64.3 Å². The van der Waals surface area contributed by atoms with Gasteiger partial charge in [0.1, 0.15) is 6.10 Å². The van der Waals surface area contributed by atoms with E-state index in [2.05, 4.69) is 5.32 Å². The van der Waals surface area contributed by atoms with Crippen molar-refractivity contribution in [2.24, 2.45) is 5.92 Å². The predicted molar refractivity (Wildman–Crippen MR) is 72.5 cm³/mol. The monoisotopic (exact) mass is 248 g/mol. The van der Waals surface area contributed by atoms with Gasteiger partial charge in [-0.05, 0) is 49.4 Å². The van der Waals surface area contributed by atoms with E-state index >= 15 is 0 Å². The minimum absolute atomic E-state index is 0.102. The van der Waals surface area contributed by atoms with E-state index in [4.69, 9.17) is 10.5 Å². The first-order chi connectivity index (χ1) is 8.49. The molecule has 0 aromatic heterocycles. The Balaban J connectivity index is 2.14. The van der Waals surface area contributed by atoms with Gasteiger partial charge in [0.2, 0.25) is 0 Å². The fraction of sp³-hybridized carbons (Fsp3) is 0.500. The van der Waals surface area contributed by atoms with Crippen molar-refractivity contribution < 1.29 is 9.53 Å². The van der Waals surface area contributed by atoms with E-state index < -0.39 is 0 Å². The van der Waals surface area contributed by atoms with Crippen LogP contribution in [0.2, 0.25) is 0 Å². The quantitative estimate of drug-likeness (QED) is 0.789. The molecular weight excluding hydrogens is 228 g/mol. The van der Waals surface area contributed by atoms with Gasteiger partial charge in [-0.15, -0.1) is 0 Å². The fourth-order valence-electron chi connectivity index (χ4n) is 2.18. The van der Waals surface area contributed by atoms with Crippen LogP contribution in [0.4, 0.5) is 11.4 Å². The summed E-state index contributed by atoms with van der Waals surface area (Å²) in [5.41, 5.74) is 9.42. The molecule has 4 heteroatoms. The Morgan fingerprint density at radius 2 is 2.06 bits per heavy atom. The summed E-state index contributed by atoms with van der Waals surface area (Å²) in [6, 6.07) is 3.78. The number of hydrogen-bond acceptors (Lipinski definition) is 3. The smallest absolute Gasteiger partial charge is 0.253 e. The van der Waals surface area contributed by atoms with E-state index in [1.54, 1.807) is 0 Å². The first-order valence-corrected chi connectivity index (χ1v) is 6.28. The fourth-order valence-corrected chi connectivity index (χ4v) is 2.18. The molecule has 0 bridgehead atoms. The number of carbonyl (C=O) groups excluding carboxylic acids is 1.